The number of fused-ring (bicyclic) bond motifs is 1. The summed E-state index contributed by atoms with van der Waals surface area (Å²) in [6, 6.07) is 8.83. The zero-order valence-corrected chi connectivity index (χ0v) is 31.5. The predicted molar refractivity (Wildman–Crippen MR) is 202 cm³/mol. The van der Waals surface area contributed by atoms with Crippen LogP contribution in [-0.4, -0.2) is 107 Å². The molecular formula is C37H43ClF3N9O5. The molecule has 3 amide bonds. The molecule has 0 aliphatic carbocycles. The van der Waals surface area contributed by atoms with Crippen LogP contribution in [0.25, 0.3) is 0 Å². The van der Waals surface area contributed by atoms with Crippen LogP contribution in [0.5, 0.6) is 5.75 Å². The number of aliphatic imine (C=N–C) groups is 1. The van der Waals surface area contributed by atoms with Gasteiger partial charge in [-0.3, -0.25) is 19.4 Å². The van der Waals surface area contributed by atoms with Crippen molar-refractivity contribution in [2.24, 2.45) is 10.1 Å². The minimum Gasteiger partial charge on any atom is -0.504 e. The molecule has 55 heavy (non-hydrogen) atoms. The van der Waals surface area contributed by atoms with Gasteiger partial charge in [-0.1, -0.05) is 36.7 Å². The number of anilines is 1. The number of benzene rings is 2. The molecule has 2 aliphatic rings. The number of piperazine rings is 1. The lowest BCUT2D eigenvalue weighted by molar-refractivity contribution is -0.137. The Balaban J connectivity index is 0.000000431. The molecule has 1 fully saturated rings. The minimum atomic E-state index is -4.61. The van der Waals surface area contributed by atoms with Crippen LogP contribution in [-0.2, 0) is 40.1 Å². The highest BCUT2D eigenvalue weighted by atomic mass is 35.5. The highest BCUT2D eigenvalue weighted by Gasteiger charge is 2.33. The first kappa shape index (κ1) is 42.2. The highest BCUT2D eigenvalue weighted by Crippen LogP contribution is 2.34. The van der Waals surface area contributed by atoms with Gasteiger partial charge in [0.2, 0.25) is 5.91 Å². The van der Waals surface area contributed by atoms with E-state index in [0.717, 1.165) is 36.8 Å². The maximum Gasteiger partial charge on any atom is 0.416 e. The average molecular weight is 786 g/mol. The number of ether oxygens (including phenoxy) is 1. The van der Waals surface area contributed by atoms with Crippen molar-refractivity contribution in [3.8, 4) is 5.75 Å². The molecule has 3 N–H and O–H groups in total. The molecule has 5 rings (SSSR count). The number of carbonyl (C=O) groups is 3. The summed E-state index contributed by atoms with van der Waals surface area (Å²) in [5.74, 6) is -2.21. The van der Waals surface area contributed by atoms with Gasteiger partial charge in [-0.15, -0.1) is 0 Å². The van der Waals surface area contributed by atoms with Gasteiger partial charge in [0, 0.05) is 45.6 Å². The Kier molecular flexibility index (Phi) is 14.7. The SMILES string of the molecule is C=NCc1cccc2c1COCC2.C=NN(CC(=O)Nc1ccc(C(F)(F)F)cc1Cl)C(=O)/C(=C(/CC)NC)N1CCN(C(=O)c2ncnc(C)c2O)CC1. The summed E-state index contributed by atoms with van der Waals surface area (Å²) in [5, 5.41) is 19.8. The molecule has 0 atom stereocenters. The van der Waals surface area contributed by atoms with Gasteiger partial charge < -0.3 is 30.3 Å². The number of alkyl halides is 3. The summed E-state index contributed by atoms with van der Waals surface area (Å²) in [6.07, 6.45) is -1.97. The number of halogens is 4. The molecular weight excluding hydrogens is 743 g/mol. The zero-order valence-electron chi connectivity index (χ0n) is 30.7. The van der Waals surface area contributed by atoms with E-state index in [1.54, 1.807) is 18.9 Å². The van der Waals surface area contributed by atoms with E-state index in [-0.39, 0.29) is 59.7 Å². The monoisotopic (exact) mass is 785 g/mol. The van der Waals surface area contributed by atoms with E-state index in [9.17, 15) is 32.7 Å². The third-order valence-electron chi connectivity index (χ3n) is 8.92. The standard InChI is InChI=1S/C26H30ClF3N8O4.C11H13NO/c1-5-18(31-3)22(36-8-10-37(11-9-36)24(41)21-23(40)15(2)33-14-34-21)25(42)38(32-4)13-20(39)35-19-7-6-16(12-17(19)27)26(28,29)30;1-12-7-10-4-2-3-9-5-6-13-8-11(9)10/h6-7,12,14,31,40H,4-5,8-11,13H2,1-3H3,(H,35,39);2-4H,1,5-8H2/b22-18+;. The topological polar surface area (TPSA) is 165 Å². The Bertz CT molecular complexity index is 1930. The molecule has 1 aromatic heterocycles. The number of rotatable bonds is 11. The van der Waals surface area contributed by atoms with Crippen LogP contribution in [0.2, 0.25) is 5.02 Å². The number of aryl methyl sites for hydroxylation is 1. The van der Waals surface area contributed by atoms with Crippen molar-refractivity contribution < 1.29 is 37.4 Å². The fourth-order valence-corrected chi connectivity index (χ4v) is 6.21. The maximum absolute atomic E-state index is 13.7. The van der Waals surface area contributed by atoms with E-state index >= 15 is 0 Å². The maximum atomic E-state index is 13.7. The molecule has 3 aromatic rings. The van der Waals surface area contributed by atoms with Crippen LogP contribution in [0.1, 0.15) is 51.8 Å². The number of hydrazone groups is 1. The van der Waals surface area contributed by atoms with Gasteiger partial charge in [0.25, 0.3) is 11.8 Å². The zero-order chi connectivity index (χ0) is 40.3. The summed E-state index contributed by atoms with van der Waals surface area (Å²) in [4.78, 5) is 54.3. The van der Waals surface area contributed by atoms with E-state index in [2.05, 4.69) is 62.3 Å². The van der Waals surface area contributed by atoms with Crippen molar-refractivity contribution in [2.75, 3.05) is 51.7 Å². The second-order valence-corrected chi connectivity index (χ2v) is 12.8. The molecule has 294 valence electrons. The van der Waals surface area contributed by atoms with Crippen molar-refractivity contribution in [2.45, 2.75) is 46.0 Å². The van der Waals surface area contributed by atoms with Gasteiger partial charge in [-0.05, 0) is 61.4 Å². The van der Waals surface area contributed by atoms with Crippen LogP contribution < -0.4 is 10.6 Å². The van der Waals surface area contributed by atoms with Crippen LogP contribution in [0, 0.1) is 6.92 Å². The quantitative estimate of drug-likeness (QED) is 0.141. The molecule has 0 unspecified atom stereocenters. The fraction of sp³-hybridized carbons (Fsp3) is 0.378. The Labute approximate surface area is 321 Å². The van der Waals surface area contributed by atoms with Crippen LogP contribution in [0.15, 0.2) is 64.2 Å². The van der Waals surface area contributed by atoms with E-state index in [1.807, 2.05) is 6.92 Å². The lowest BCUT2D eigenvalue weighted by Crippen LogP contribution is -2.51. The number of aromatic nitrogens is 2. The van der Waals surface area contributed by atoms with E-state index < -0.39 is 36.0 Å². The number of carbonyl (C=O) groups excluding carboxylic acids is 3. The Morgan fingerprint density at radius 2 is 1.80 bits per heavy atom. The second-order valence-electron chi connectivity index (χ2n) is 12.4. The van der Waals surface area contributed by atoms with Crippen LogP contribution in [0.4, 0.5) is 18.9 Å². The van der Waals surface area contributed by atoms with Crippen LogP contribution >= 0.6 is 11.6 Å². The second kappa shape index (κ2) is 19.2. The number of amides is 3. The van der Waals surface area contributed by atoms with Gasteiger partial charge in [0.05, 0.1) is 41.7 Å². The molecule has 1 saturated heterocycles. The Morgan fingerprint density at radius 3 is 2.42 bits per heavy atom. The van der Waals surface area contributed by atoms with Gasteiger partial charge in [0.15, 0.2) is 11.4 Å². The van der Waals surface area contributed by atoms with E-state index in [0.29, 0.717) is 24.7 Å². The number of hydrogen-bond donors (Lipinski definition) is 3. The number of allylic oxidation sites excluding steroid dienone is 1. The number of aromatic hydroxyl groups is 1. The third-order valence-corrected chi connectivity index (χ3v) is 9.23. The lowest BCUT2D eigenvalue weighted by atomic mass is 9.98. The largest absolute Gasteiger partial charge is 0.504 e. The average Bonchev–Trinajstić information content (AvgIpc) is 3.17. The highest BCUT2D eigenvalue weighted by molar-refractivity contribution is 6.33. The number of nitrogens with zero attached hydrogens (tertiary/aromatic N) is 7. The van der Waals surface area contributed by atoms with Gasteiger partial charge in [-0.25, -0.2) is 15.0 Å². The van der Waals surface area contributed by atoms with Crippen molar-refractivity contribution in [3.63, 3.8) is 0 Å². The summed E-state index contributed by atoms with van der Waals surface area (Å²) >= 11 is 5.93. The normalized spacial score (nSPS) is 14.4. The number of hydrogen-bond acceptors (Lipinski definition) is 11. The molecule has 2 aliphatic heterocycles. The summed E-state index contributed by atoms with van der Waals surface area (Å²) in [7, 11) is 1.64. The first-order valence-corrected chi connectivity index (χ1v) is 17.6. The van der Waals surface area contributed by atoms with Crippen molar-refractivity contribution in [3.05, 3.63) is 92.8 Å². The molecule has 3 heterocycles. The molecule has 0 saturated carbocycles. The number of nitrogens with one attached hydrogen (secondary N) is 2. The van der Waals surface area contributed by atoms with Gasteiger partial charge in [0.1, 0.15) is 18.6 Å². The fourth-order valence-electron chi connectivity index (χ4n) is 5.98. The molecule has 2 aromatic carbocycles. The van der Waals surface area contributed by atoms with E-state index in [4.69, 9.17) is 16.3 Å². The van der Waals surface area contributed by atoms with Crippen molar-refractivity contribution >= 4 is 48.4 Å². The molecule has 14 nitrogen and oxygen atoms in total. The minimum absolute atomic E-state index is 0.0722. The van der Waals surface area contributed by atoms with Gasteiger partial charge in [-0.2, -0.15) is 18.3 Å². The van der Waals surface area contributed by atoms with Crippen LogP contribution in [0.3, 0.4) is 0 Å². The molecule has 0 bridgehead atoms. The van der Waals surface area contributed by atoms with Crippen molar-refractivity contribution in [1.82, 2.24) is 30.1 Å². The molecule has 0 radical (unpaired) electrons. The summed E-state index contributed by atoms with van der Waals surface area (Å²) < 4.78 is 44.2. The summed E-state index contributed by atoms with van der Waals surface area (Å²) in [5.41, 5.74) is 3.84. The van der Waals surface area contributed by atoms with Gasteiger partial charge >= 0.3 is 6.18 Å². The molecule has 0 spiro atoms. The third kappa shape index (κ3) is 10.6. The summed E-state index contributed by atoms with van der Waals surface area (Å²) in [6.45, 7) is 12.8. The lowest BCUT2D eigenvalue weighted by Gasteiger charge is -2.38. The predicted octanol–water partition coefficient (Wildman–Crippen LogP) is 4.80. The van der Waals surface area contributed by atoms with E-state index in [1.165, 1.54) is 27.9 Å². The smallest absolute Gasteiger partial charge is 0.416 e. The van der Waals surface area contributed by atoms with Crippen molar-refractivity contribution in [1.29, 1.82) is 0 Å². The Hall–Kier alpha value is -5.55. The Morgan fingerprint density at radius 1 is 1.09 bits per heavy atom. The first-order chi connectivity index (χ1) is 26.2. The first-order valence-electron chi connectivity index (χ1n) is 17.2. The molecule has 18 heteroatoms.